The number of nitrogens with two attached hydrogens (primary N) is 2. The fraction of sp³-hybridized carbons (Fsp3) is 0.250. The third-order valence-electron chi connectivity index (χ3n) is 2.44. The second-order valence-corrected chi connectivity index (χ2v) is 3.89. The SMILES string of the molecule is Nc1nc(N)nc(NCCCc2ccccc2)n1. The normalized spacial score (nSPS) is 10.2. The monoisotopic (exact) mass is 244 g/mol. The molecule has 6 heteroatoms. The molecule has 0 saturated carbocycles. The minimum atomic E-state index is 0.132. The molecule has 1 aromatic heterocycles. The van der Waals surface area contributed by atoms with Gasteiger partial charge < -0.3 is 16.8 Å². The zero-order chi connectivity index (χ0) is 12.8. The van der Waals surface area contributed by atoms with Crippen molar-refractivity contribution < 1.29 is 0 Å². The van der Waals surface area contributed by atoms with Gasteiger partial charge in [0.25, 0.3) is 0 Å². The Hall–Kier alpha value is -2.37. The summed E-state index contributed by atoms with van der Waals surface area (Å²) in [5, 5.41) is 3.07. The molecule has 0 aliphatic rings. The predicted molar refractivity (Wildman–Crippen MR) is 71.9 cm³/mol. The maximum absolute atomic E-state index is 5.47. The van der Waals surface area contributed by atoms with Crippen LogP contribution in [0.1, 0.15) is 12.0 Å². The van der Waals surface area contributed by atoms with Gasteiger partial charge in [0, 0.05) is 6.54 Å². The van der Waals surface area contributed by atoms with Gasteiger partial charge in [0.15, 0.2) is 0 Å². The average Bonchev–Trinajstić information content (AvgIpc) is 2.35. The molecule has 0 saturated heterocycles. The lowest BCUT2D eigenvalue weighted by molar-refractivity contribution is 0.851. The zero-order valence-corrected chi connectivity index (χ0v) is 10.0. The van der Waals surface area contributed by atoms with Crippen molar-refractivity contribution in [1.82, 2.24) is 15.0 Å². The first-order chi connectivity index (χ1) is 8.74. The molecule has 0 fully saturated rings. The summed E-state index contributed by atoms with van der Waals surface area (Å²) >= 11 is 0. The quantitative estimate of drug-likeness (QED) is 0.680. The first-order valence-corrected chi connectivity index (χ1v) is 5.79. The summed E-state index contributed by atoms with van der Waals surface area (Å²) in [6.45, 7) is 0.762. The highest BCUT2D eigenvalue weighted by Gasteiger charge is 2.00. The van der Waals surface area contributed by atoms with Crippen LogP contribution in [0, 0.1) is 0 Å². The number of hydrogen-bond acceptors (Lipinski definition) is 6. The second-order valence-electron chi connectivity index (χ2n) is 3.89. The maximum Gasteiger partial charge on any atom is 0.229 e. The van der Waals surface area contributed by atoms with E-state index in [1.807, 2.05) is 18.2 Å². The Morgan fingerprint density at radius 1 is 0.944 bits per heavy atom. The van der Waals surface area contributed by atoms with E-state index in [0.717, 1.165) is 19.4 Å². The van der Waals surface area contributed by atoms with Gasteiger partial charge in [0.05, 0.1) is 0 Å². The lowest BCUT2D eigenvalue weighted by atomic mass is 10.1. The van der Waals surface area contributed by atoms with Crippen molar-refractivity contribution in [3.63, 3.8) is 0 Å². The molecule has 0 unspecified atom stereocenters. The highest BCUT2D eigenvalue weighted by atomic mass is 15.2. The van der Waals surface area contributed by atoms with E-state index >= 15 is 0 Å². The first-order valence-electron chi connectivity index (χ1n) is 5.79. The van der Waals surface area contributed by atoms with Crippen molar-refractivity contribution in [3.05, 3.63) is 35.9 Å². The molecule has 0 radical (unpaired) electrons. The summed E-state index contributed by atoms with van der Waals surface area (Å²) in [5.41, 5.74) is 12.3. The van der Waals surface area contributed by atoms with Crippen molar-refractivity contribution in [2.45, 2.75) is 12.8 Å². The Morgan fingerprint density at radius 3 is 2.28 bits per heavy atom. The Bertz CT molecular complexity index is 479. The molecule has 0 aliphatic carbocycles. The van der Waals surface area contributed by atoms with Gasteiger partial charge in [-0.2, -0.15) is 15.0 Å². The summed E-state index contributed by atoms with van der Waals surface area (Å²) in [6.07, 6.45) is 1.99. The number of benzene rings is 1. The number of nitrogens with zero attached hydrogens (tertiary/aromatic N) is 3. The Kier molecular flexibility index (Phi) is 3.90. The minimum absolute atomic E-state index is 0.132. The van der Waals surface area contributed by atoms with Crippen molar-refractivity contribution in [2.75, 3.05) is 23.3 Å². The van der Waals surface area contributed by atoms with Gasteiger partial charge in [-0.1, -0.05) is 30.3 Å². The lowest BCUT2D eigenvalue weighted by Gasteiger charge is -2.05. The molecular weight excluding hydrogens is 228 g/mol. The molecule has 0 bridgehead atoms. The fourth-order valence-electron chi connectivity index (χ4n) is 1.63. The molecule has 0 aliphatic heterocycles. The summed E-state index contributed by atoms with van der Waals surface area (Å²) in [4.78, 5) is 11.6. The van der Waals surface area contributed by atoms with E-state index in [-0.39, 0.29) is 11.9 Å². The standard InChI is InChI=1S/C12H16N6/c13-10-16-11(14)18-12(17-10)15-8-4-7-9-5-2-1-3-6-9/h1-3,5-6H,4,7-8H2,(H5,13,14,15,16,17,18). The van der Waals surface area contributed by atoms with Crippen molar-refractivity contribution in [1.29, 1.82) is 0 Å². The second kappa shape index (κ2) is 5.81. The molecular formula is C12H16N6. The molecule has 1 heterocycles. The van der Waals surface area contributed by atoms with E-state index in [2.05, 4.69) is 32.4 Å². The third kappa shape index (κ3) is 3.58. The van der Waals surface area contributed by atoms with E-state index in [1.165, 1.54) is 5.56 Å². The smallest absolute Gasteiger partial charge is 0.229 e. The average molecular weight is 244 g/mol. The van der Waals surface area contributed by atoms with E-state index in [1.54, 1.807) is 0 Å². The largest absolute Gasteiger partial charge is 0.368 e. The third-order valence-corrected chi connectivity index (χ3v) is 2.44. The molecule has 0 spiro atoms. The molecule has 2 aromatic rings. The van der Waals surface area contributed by atoms with Crippen molar-refractivity contribution >= 4 is 17.8 Å². The number of nitrogen functional groups attached to an aromatic ring is 2. The van der Waals surface area contributed by atoms with Crippen LogP contribution in [-0.2, 0) is 6.42 Å². The predicted octanol–water partition coefficient (Wildman–Crippen LogP) is 1.08. The van der Waals surface area contributed by atoms with Gasteiger partial charge >= 0.3 is 0 Å². The highest BCUT2D eigenvalue weighted by Crippen LogP contribution is 2.05. The number of aromatic nitrogens is 3. The first kappa shape index (κ1) is 12.1. The Morgan fingerprint density at radius 2 is 1.61 bits per heavy atom. The maximum atomic E-state index is 5.47. The van der Waals surface area contributed by atoms with Crippen LogP contribution >= 0.6 is 0 Å². The van der Waals surface area contributed by atoms with Crippen LogP contribution in [0.3, 0.4) is 0 Å². The van der Waals surface area contributed by atoms with Crippen LogP contribution in [-0.4, -0.2) is 21.5 Å². The summed E-state index contributed by atoms with van der Waals surface area (Å²) < 4.78 is 0. The number of aryl methyl sites for hydroxylation is 1. The van der Waals surface area contributed by atoms with Gasteiger partial charge in [0.1, 0.15) is 0 Å². The van der Waals surface area contributed by atoms with Gasteiger partial charge in [-0.25, -0.2) is 0 Å². The van der Waals surface area contributed by atoms with Gasteiger partial charge in [-0.3, -0.25) is 0 Å². The molecule has 0 amide bonds. The van der Waals surface area contributed by atoms with Crippen molar-refractivity contribution in [2.24, 2.45) is 0 Å². The van der Waals surface area contributed by atoms with Gasteiger partial charge in [-0.05, 0) is 18.4 Å². The molecule has 5 N–H and O–H groups in total. The van der Waals surface area contributed by atoms with Crippen LogP contribution < -0.4 is 16.8 Å². The molecule has 6 nitrogen and oxygen atoms in total. The van der Waals surface area contributed by atoms with Crippen LogP contribution in [0.2, 0.25) is 0 Å². The number of anilines is 3. The topological polar surface area (TPSA) is 103 Å². The van der Waals surface area contributed by atoms with Crippen molar-refractivity contribution in [3.8, 4) is 0 Å². The number of rotatable bonds is 5. The molecule has 0 atom stereocenters. The summed E-state index contributed by atoms with van der Waals surface area (Å²) in [5.74, 6) is 0.689. The Labute approximate surface area is 105 Å². The van der Waals surface area contributed by atoms with E-state index in [0.29, 0.717) is 5.95 Å². The zero-order valence-electron chi connectivity index (χ0n) is 10.0. The molecule has 1 aromatic carbocycles. The number of nitrogens with one attached hydrogen (secondary N) is 1. The molecule has 2 rings (SSSR count). The summed E-state index contributed by atoms with van der Waals surface area (Å²) in [6, 6.07) is 10.3. The number of hydrogen-bond donors (Lipinski definition) is 3. The van der Waals surface area contributed by atoms with E-state index < -0.39 is 0 Å². The lowest BCUT2D eigenvalue weighted by Crippen LogP contribution is -2.10. The molecule has 18 heavy (non-hydrogen) atoms. The van der Waals surface area contributed by atoms with Gasteiger partial charge in [-0.15, -0.1) is 0 Å². The Balaban J connectivity index is 1.78. The van der Waals surface area contributed by atoms with E-state index in [4.69, 9.17) is 11.5 Å². The van der Waals surface area contributed by atoms with Crippen LogP contribution in [0.25, 0.3) is 0 Å². The minimum Gasteiger partial charge on any atom is -0.368 e. The van der Waals surface area contributed by atoms with E-state index in [9.17, 15) is 0 Å². The van der Waals surface area contributed by atoms with Crippen LogP contribution in [0.15, 0.2) is 30.3 Å². The summed E-state index contributed by atoms with van der Waals surface area (Å²) in [7, 11) is 0. The molecule has 94 valence electrons. The van der Waals surface area contributed by atoms with Gasteiger partial charge in [0.2, 0.25) is 17.8 Å². The van der Waals surface area contributed by atoms with Crippen LogP contribution in [0.5, 0.6) is 0 Å². The van der Waals surface area contributed by atoms with Crippen LogP contribution in [0.4, 0.5) is 17.8 Å². The highest BCUT2D eigenvalue weighted by molar-refractivity contribution is 5.36. The fourth-order valence-corrected chi connectivity index (χ4v) is 1.63.